The third-order valence-electron chi connectivity index (χ3n) is 3.29. The molecule has 1 amide bonds. The fourth-order valence-electron chi connectivity index (χ4n) is 1.93. The molecular formula is C16H25N5O7S. The van der Waals surface area contributed by atoms with Crippen LogP contribution < -0.4 is 21.5 Å². The van der Waals surface area contributed by atoms with Crippen LogP contribution in [0.15, 0.2) is 40.2 Å². The van der Waals surface area contributed by atoms with Crippen LogP contribution in [-0.4, -0.2) is 76.9 Å². The SMILES string of the molecule is NC(N)=NCCOCCOCC(=O)NC[C@@H](NS(=O)(=O)c1ccccc1)C(=O)O. The summed E-state index contributed by atoms with van der Waals surface area (Å²) in [7, 11) is -4.04. The molecule has 7 N–H and O–H groups in total. The Bertz CT molecular complexity index is 782. The second kappa shape index (κ2) is 12.7. The number of rotatable bonds is 14. The molecule has 0 aromatic heterocycles. The number of carbonyl (C=O) groups excluding carboxylic acids is 1. The van der Waals surface area contributed by atoms with Gasteiger partial charge in [-0.1, -0.05) is 18.2 Å². The number of carboxylic acids is 1. The largest absolute Gasteiger partial charge is 0.480 e. The molecule has 0 unspecified atom stereocenters. The molecule has 1 rings (SSSR count). The van der Waals surface area contributed by atoms with Crippen LogP contribution in [0.2, 0.25) is 0 Å². The normalized spacial score (nSPS) is 12.1. The second-order valence-corrected chi connectivity index (χ2v) is 7.31. The first-order valence-electron chi connectivity index (χ1n) is 8.50. The zero-order chi connectivity index (χ0) is 21.7. The van der Waals surface area contributed by atoms with E-state index in [0.717, 1.165) is 0 Å². The quantitative estimate of drug-likeness (QED) is 0.124. The molecule has 0 aliphatic heterocycles. The lowest BCUT2D eigenvalue weighted by molar-refractivity contribution is -0.139. The standard InChI is InChI=1S/C16H25N5O7S/c17-16(18)19-6-7-27-8-9-28-11-14(22)20-10-13(15(23)24)21-29(25,26)12-4-2-1-3-5-12/h1-5,13,21H,6-11H2,(H,20,22)(H,23,24)(H4,17,18,19)/t13-/m1/s1. The lowest BCUT2D eigenvalue weighted by Crippen LogP contribution is -2.48. The minimum absolute atomic E-state index is 0.0350. The molecule has 1 aromatic carbocycles. The Balaban J connectivity index is 2.32. The number of carbonyl (C=O) groups is 2. The van der Waals surface area contributed by atoms with Crippen molar-refractivity contribution >= 4 is 27.9 Å². The van der Waals surface area contributed by atoms with Gasteiger partial charge in [0.2, 0.25) is 15.9 Å². The van der Waals surface area contributed by atoms with E-state index in [1.165, 1.54) is 24.3 Å². The van der Waals surface area contributed by atoms with Gasteiger partial charge in [0.1, 0.15) is 12.6 Å². The van der Waals surface area contributed by atoms with Gasteiger partial charge in [-0.15, -0.1) is 0 Å². The first-order valence-corrected chi connectivity index (χ1v) is 9.98. The van der Waals surface area contributed by atoms with E-state index in [1.807, 2.05) is 4.72 Å². The van der Waals surface area contributed by atoms with Crippen molar-refractivity contribution in [3.63, 3.8) is 0 Å². The van der Waals surface area contributed by atoms with Crippen LogP contribution in [0.5, 0.6) is 0 Å². The Morgan fingerprint density at radius 2 is 1.76 bits per heavy atom. The van der Waals surface area contributed by atoms with Gasteiger partial charge in [-0.3, -0.25) is 14.6 Å². The molecule has 29 heavy (non-hydrogen) atoms. The topological polar surface area (TPSA) is 195 Å². The molecule has 0 spiro atoms. The average molecular weight is 431 g/mol. The molecule has 0 saturated carbocycles. The molecule has 0 radical (unpaired) electrons. The lowest BCUT2D eigenvalue weighted by atomic mass is 10.3. The Morgan fingerprint density at radius 1 is 1.10 bits per heavy atom. The summed E-state index contributed by atoms with van der Waals surface area (Å²) < 4.78 is 36.7. The summed E-state index contributed by atoms with van der Waals surface area (Å²) in [5.41, 5.74) is 10.3. The van der Waals surface area contributed by atoms with Crippen LogP contribution in [0.25, 0.3) is 0 Å². The summed E-state index contributed by atoms with van der Waals surface area (Å²) in [5, 5.41) is 11.5. The van der Waals surface area contributed by atoms with E-state index in [2.05, 4.69) is 10.3 Å². The third kappa shape index (κ3) is 10.4. The van der Waals surface area contributed by atoms with Gasteiger partial charge in [0, 0.05) is 6.54 Å². The molecule has 12 nitrogen and oxygen atoms in total. The smallest absolute Gasteiger partial charge is 0.323 e. The highest BCUT2D eigenvalue weighted by atomic mass is 32.2. The molecule has 0 heterocycles. The van der Waals surface area contributed by atoms with Crippen molar-refractivity contribution in [2.24, 2.45) is 16.5 Å². The number of nitrogens with one attached hydrogen (secondary N) is 2. The maximum absolute atomic E-state index is 12.2. The molecule has 13 heteroatoms. The molecule has 0 saturated heterocycles. The van der Waals surface area contributed by atoms with E-state index in [4.69, 9.17) is 20.9 Å². The number of sulfonamides is 1. The Labute approximate surface area is 168 Å². The van der Waals surface area contributed by atoms with Crippen molar-refractivity contribution in [2.45, 2.75) is 10.9 Å². The number of benzene rings is 1. The predicted molar refractivity (Wildman–Crippen MR) is 104 cm³/mol. The van der Waals surface area contributed by atoms with Gasteiger partial charge >= 0.3 is 5.97 Å². The molecule has 0 aliphatic carbocycles. The van der Waals surface area contributed by atoms with Gasteiger partial charge in [-0.05, 0) is 12.1 Å². The van der Waals surface area contributed by atoms with Crippen LogP contribution in [-0.2, 0) is 29.1 Å². The Kier molecular flexibility index (Phi) is 10.6. The summed E-state index contributed by atoms with van der Waals surface area (Å²) in [6.07, 6.45) is 0. The Hall–Kier alpha value is -2.74. The van der Waals surface area contributed by atoms with Crippen molar-refractivity contribution in [2.75, 3.05) is 39.5 Å². The van der Waals surface area contributed by atoms with Gasteiger partial charge in [0.05, 0.1) is 31.3 Å². The number of carboxylic acid groups (broad SMARTS) is 1. The summed E-state index contributed by atoms with van der Waals surface area (Å²) in [5.74, 6) is -2.07. The van der Waals surface area contributed by atoms with Gasteiger partial charge in [0.15, 0.2) is 5.96 Å². The monoisotopic (exact) mass is 431 g/mol. The molecule has 0 fully saturated rings. The van der Waals surface area contributed by atoms with Crippen molar-refractivity contribution in [3.05, 3.63) is 30.3 Å². The van der Waals surface area contributed by atoms with Crippen molar-refractivity contribution in [1.29, 1.82) is 0 Å². The number of aliphatic imine (C=N–C) groups is 1. The number of amides is 1. The number of ether oxygens (including phenoxy) is 2. The van der Waals surface area contributed by atoms with Crippen LogP contribution in [0.3, 0.4) is 0 Å². The van der Waals surface area contributed by atoms with Crippen LogP contribution in [0.1, 0.15) is 0 Å². The number of guanidine groups is 1. The van der Waals surface area contributed by atoms with Crippen LogP contribution >= 0.6 is 0 Å². The minimum Gasteiger partial charge on any atom is -0.480 e. The average Bonchev–Trinajstić information content (AvgIpc) is 2.67. The zero-order valence-electron chi connectivity index (χ0n) is 15.6. The van der Waals surface area contributed by atoms with Gasteiger partial charge in [-0.25, -0.2) is 8.42 Å². The van der Waals surface area contributed by atoms with Crippen molar-refractivity contribution in [1.82, 2.24) is 10.0 Å². The highest BCUT2D eigenvalue weighted by Crippen LogP contribution is 2.07. The maximum atomic E-state index is 12.2. The lowest BCUT2D eigenvalue weighted by Gasteiger charge is -2.15. The van der Waals surface area contributed by atoms with E-state index in [-0.39, 0.29) is 37.3 Å². The summed E-state index contributed by atoms with van der Waals surface area (Å²) >= 11 is 0. The minimum atomic E-state index is -4.04. The number of nitrogens with two attached hydrogens (primary N) is 2. The van der Waals surface area contributed by atoms with Crippen molar-refractivity contribution < 1.29 is 32.6 Å². The van der Waals surface area contributed by atoms with E-state index in [0.29, 0.717) is 6.54 Å². The van der Waals surface area contributed by atoms with E-state index >= 15 is 0 Å². The van der Waals surface area contributed by atoms with Crippen LogP contribution in [0.4, 0.5) is 0 Å². The molecule has 0 aliphatic rings. The predicted octanol–water partition coefficient (Wildman–Crippen LogP) is -2.16. The van der Waals surface area contributed by atoms with Gasteiger partial charge in [0.25, 0.3) is 0 Å². The van der Waals surface area contributed by atoms with Crippen molar-refractivity contribution in [3.8, 4) is 0 Å². The maximum Gasteiger partial charge on any atom is 0.323 e. The van der Waals surface area contributed by atoms with E-state index in [9.17, 15) is 23.1 Å². The fourth-order valence-corrected chi connectivity index (χ4v) is 3.14. The van der Waals surface area contributed by atoms with Gasteiger partial charge in [-0.2, -0.15) is 4.72 Å². The molecule has 0 bridgehead atoms. The number of hydrogen-bond donors (Lipinski definition) is 5. The summed E-state index contributed by atoms with van der Waals surface area (Å²) in [4.78, 5) is 26.7. The number of nitrogens with zero attached hydrogens (tertiary/aromatic N) is 1. The van der Waals surface area contributed by atoms with E-state index in [1.54, 1.807) is 6.07 Å². The first-order chi connectivity index (χ1) is 13.7. The molecule has 162 valence electrons. The second-order valence-electron chi connectivity index (χ2n) is 5.60. The highest BCUT2D eigenvalue weighted by Gasteiger charge is 2.25. The summed E-state index contributed by atoms with van der Waals surface area (Å²) in [6.45, 7) is 0.140. The van der Waals surface area contributed by atoms with Gasteiger partial charge < -0.3 is 31.4 Å². The fraction of sp³-hybridized carbons (Fsp3) is 0.438. The third-order valence-corrected chi connectivity index (χ3v) is 4.78. The molecule has 1 atom stereocenters. The molecule has 1 aromatic rings. The van der Waals surface area contributed by atoms with Crippen LogP contribution in [0, 0.1) is 0 Å². The Morgan fingerprint density at radius 3 is 2.38 bits per heavy atom. The zero-order valence-corrected chi connectivity index (χ0v) is 16.4. The summed E-state index contributed by atoms with van der Waals surface area (Å²) in [6, 6.07) is 5.76. The first kappa shape index (κ1) is 24.3. The molecular weight excluding hydrogens is 406 g/mol. The van der Waals surface area contributed by atoms with E-state index < -0.39 is 34.5 Å². The number of hydrogen-bond acceptors (Lipinski definition) is 7. The number of aliphatic carboxylic acids is 1. The highest BCUT2D eigenvalue weighted by molar-refractivity contribution is 7.89.